The Bertz CT molecular complexity index is 161. The Morgan fingerprint density at radius 1 is 1.73 bits per heavy atom. The Labute approximate surface area is 67.7 Å². The molecule has 0 aliphatic heterocycles. The first-order chi connectivity index (χ1) is 5.33. The molecule has 0 aromatic carbocycles. The molecule has 1 unspecified atom stereocenters. The van der Waals surface area contributed by atoms with Crippen LogP contribution in [0.15, 0.2) is 4.99 Å². The predicted molar refractivity (Wildman–Crippen MR) is 43.9 cm³/mol. The van der Waals surface area contributed by atoms with Crippen molar-refractivity contribution in [3.63, 3.8) is 0 Å². The van der Waals surface area contributed by atoms with E-state index in [0.29, 0.717) is 12.5 Å². The fraction of sp³-hybridized carbons (Fsp3) is 0.778. The van der Waals surface area contributed by atoms with Crippen LogP contribution in [0.4, 0.5) is 0 Å². The molecule has 0 N–H and O–H groups in total. The topological polar surface area (TPSA) is 29.4 Å². The molecule has 1 aliphatic carbocycles. The normalized spacial score (nSPS) is 26.1. The lowest BCUT2D eigenvalue weighted by Gasteiger charge is -2.24. The second kappa shape index (κ2) is 4.30. The highest BCUT2D eigenvalue weighted by atomic mass is 16.1. The molecule has 0 heterocycles. The van der Waals surface area contributed by atoms with Gasteiger partial charge in [-0.1, -0.05) is 13.3 Å². The Morgan fingerprint density at radius 3 is 3.18 bits per heavy atom. The SMILES string of the molecule is C[C]1CCCC(CN=C=O)C1. The average Bonchev–Trinajstić information content (AvgIpc) is 2.01. The summed E-state index contributed by atoms with van der Waals surface area (Å²) in [6.45, 7) is 2.87. The maximum Gasteiger partial charge on any atom is 0.234 e. The van der Waals surface area contributed by atoms with Gasteiger partial charge in [-0.15, -0.1) is 0 Å². The minimum atomic E-state index is 0.616. The molecule has 2 nitrogen and oxygen atoms in total. The van der Waals surface area contributed by atoms with Crippen LogP contribution in [-0.2, 0) is 4.79 Å². The van der Waals surface area contributed by atoms with Gasteiger partial charge in [0.15, 0.2) is 0 Å². The molecule has 2 heteroatoms. The summed E-state index contributed by atoms with van der Waals surface area (Å²) in [5.41, 5.74) is 0. The van der Waals surface area contributed by atoms with Crippen LogP contribution in [0, 0.1) is 11.8 Å². The molecule has 1 fully saturated rings. The van der Waals surface area contributed by atoms with E-state index in [9.17, 15) is 4.79 Å². The molecule has 11 heavy (non-hydrogen) atoms. The quantitative estimate of drug-likeness (QED) is 0.440. The van der Waals surface area contributed by atoms with Crippen molar-refractivity contribution in [3.8, 4) is 0 Å². The van der Waals surface area contributed by atoms with Crippen molar-refractivity contribution in [3.05, 3.63) is 5.92 Å². The smallest absolute Gasteiger partial charge is 0.211 e. The third kappa shape index (κ3) is 2.85. The highest BCUT2D eigenvalue weighted by Crippen LogP contribution is 2.29. The maximum absolute atomic E-state index is 9.83. The summed E-state index contributed by atoms with van der Waals surface area (Å²) >= 11 is 0. The van der Waals surface area contributed by atoms with Crippen molar-refractivity contribution < 1.29 is 4.79 Å². The molecule has 0 spiro atoms. The van der Waals surface area contributed by atoms with Crippen LogP contribution in [0.5, 0.6) is 0 Å². The molecular formula is C9H14NO. The highest BCUT2D eigenvalue weighted by molar-refractivity contribution is 5.32. The third-order valence-electron chi connectivity index (χ3n) is 2.27. The van der Waals surface area contributed by atoms with E-state index in [1.54, 1.807) is 12.0 Å². The zero-order chi connectivity index (χ0) is 8.10. The van der Waals surface area contributed by atoms with Crippen LogP contribution in [0.1, 0.15) is 32.6 Å². The first kappa shape index (κ1) is 8.48. The minimum absolute atomic E-state index is 0.616. The lowest BCUT2D eigenvalue weighted by atomic mass is 9.82. The number of carbonyl (C=O) groups excluding carboxylic acids is 1. The molecule has 0 aromatic heterocycles. The zero-order valence-corrected chi connectivity index (χ0v) is 6.97. The van der Waals surface area contributed by atoms with Gasteiger partial charge < -0.3 is 0 Å². The van der Waals surface area contributed by atoms with Gasteiger partial charge in [-0.05, 0) is 31.1 Å². The fourth-order valence-corrected chi connectivity index (χ4v) is 1.71. The number of nitrogens with zero attached hydrogens (tertiary/aromatic N) is 1. The van der Waals surface area contributed by atoms with Gasteiger partial charge in [0.1, 0.15) is 0 Å². The number of rotatable bonds is 2. The van der Waals surface area contributed by atoms with Crippen LogP contribution >= 0.6 is 0 Å². The second-order valence-corrected chi connectivity index (χ2v) is 3.35. The Hall–Kier alpha value is -0.620. The summed E-state index contributed by atoms with van der Waals surface area (Å²) in [7, 11) is 0. The lowest BCUT2D eigenvalue weighted by Crippen LogP contribution is -2.14. The largest absolute Gasteiger partial charge is 0.234 e. The molecule has 1 radical (unpaired) electrons. The number of isocyanates is 1. The molecule has 0 saturated heterocycles. The maximum atomic E-state index is 9.83. The van der Waals surface area contributed by atoms with Crippen LogP contribution < -0.4 is 0 Å². The Kier molecular flexibility index (Phi) is 3.31. The number of hydrogen-bond acceptors (Lipinski definition) is 2. The van der Waals surface area contributed by atoms with E-state index in [-0.39, 0.29) is 0 Å². The monoisotopic (exact) mass is 152 g/mol. The standard InChI is InChI=1S/C9H14NO/c1-8-3-2-4-9(5-8)6-10-7-11/h9H,2-6H2,1H3. The van der Waals surface area contributed by atoms with Crippen molar-refractivity contribution in [1.29, 1.82) is 0 Å². The summed E-state index contributed by atoms with van der Waals surface area (Å²) in [6.07, 6.45) is 6.51. The van der Waals surface area contributed by atoms with Crippen molar-refractivity contribution >= 4 is 6.08 Å². The van der Waals surface area contributed by atoms with Crippen molar-refractivity contribution in [2.45, 2.75) is 32.6 Å². The van der Waals surface area contributed by atoms with Gasteiger partial charge in [0.2, 0.25) is 6.08 Å². The van der Waals surface area contributed by atoms with E-state index >= 15 is 0 Å². The van der Waals surface area contributed by atoms with Gasteiger partial charge in [-0.2, -0.15) is 0 Å². The molecule has 1 saturated carbocycles. The Morgan fingerprint density at radius 2 is 2.55 bits per heavy atom. The van der Waals surface area contributed by atoms with Gasteiger partial charge in [-0.25, -0.2) is 9.79 Å². The molecule has 1 aliphatic rings. The summed E-state index contributed by atoms with van der Waals surface area (Å²) in [4.78, 5) is 13.4. The van der Waals surface area contributed by atoms with E-state index in [0.717, 1.165) is 6.42 Å². The van der Waals surface area contributed by atoms with Gasteiger partial charge >= 0.3 is 0 Å². The average molecular weight is 152 g/mol. The summed E-state index contributed by atoms with van der Waals surface area (Å²) in [5, 5.41) is 0. The lowest BCUT2D eigenvalue weighted by molar-refractivity contribution is 0.391. The van der Waals surface area contributed by atoms with Crippen LogP contribution in [0.2, 0.25) is 0 Å². The van der Waals surface area contributed by atoms with Crippen molar-refractivity contribution in [2.75, 3.05) is 6.54 Å². The van der Waals surface area contributed by atoms with Gasteiger partial charge in [0.05, 0.1) is 6.54 Å². The third-order valence-corrected chi connectivity index (χ3v) is 2.27. The van der Waals surface area contributed by atoms with Crippen LogP contribution in [-0.4, -0.2) is 12.6 Å². The second-order valence-electron chi connectivity index (χ2n) is 3.35. The van der Waals surface area contributed by atoms with Gasteiger partial charge in [0, 0.05) is 0 Å². The first-order valence-corrected chi connectivity index (χ1v) is 4.18. The molecule has 1 atom stereocenters. The highest BCUT2D eigenvalue weighted by Gasteiger charge is 2.18. The van der Waals surface area contributed by atoms with E-state index in [2.05, 4.69) is 11.9 Å². The number of aliphatic imine (C=N–C) groups is 1. The van der Waals surface area contributed by atoms with Crippen molar-refractivity contribution in [1.82, 2.24) is 0 Å². The van der Waals surface area contributed by atoms with Crippen molar-refractivity contribution in [2.24, 2.45) is 10.9 Å². The van der Waals surface area contributed by atoms with E-state index in [4.69, 9.17) is 0 Å². The zero-order valence-electron chi connectivity index (χ0n) is 6.97. The summed E-state index contributed by atoms with van der Waals surface area (Å²) < 4.78 is 0. The molecular weight excluding hydrogens is 138 g/mol. The minimum Gasteiger partial charge on any atom is -0.211 e. The summed E-state index contributed by atoms with van der Waals surface area (Å²) in [5.74, 6) is 2.17. The van der Waals surface area contributed by atoms with Crippen LogP contribution in [0.25, 0.3) is 0 Å². The fourth-order valence-electron chi connectivity index (χ4n) is 1.71. The van der Waals surface area contributed by atoms with E-state index < -0.39 is 0 Å². The van der Waals surface area contributed by atoms with E-state index in [1.165, 1.54) is 19.3 Å². The first-order valence-electron chi connectivity index (χ1n) is 4.18. The molecule has 0 bridgehead atoms. The predicted octanol–water partition coefficient (Wildman–Crippen LogP) is 2.11. The Balaban J connectivity index is 2.27. The van der Waals surface area contributed by atoms with E-state index in [1.807, 2.05) is 0 Å². The molecule has 61 valence electrons. The summed E-state index contributed by atoms with van der Waals surface area (Å²) in [6, 6.07) is 0. The molecule has 0 aromatic rings. The molecule has 0 amide bonds. The molecule has 1 rings (SSSR count). The van der Waals surface area contributed by atoms with Gasteiger partial charge in [0.25, 0.3) is 0 Å². The van der Waals surface area contributed by atoms with Crippen LogP contribution in [0.3, 0.4) is 0 Å². The van der Waals surface area contributed by atoms with Gasteiger partial charge in [-0.3, -0.25) is 0 Å². The number of hydrogen-bond donors (Lipinski definition) is 0.